The Balaban J connectivity index is 1.80. The van der Waals surface area contributed by atoms with Gasteiger partial charge in [-0.1, -0.05) is 0 Å². The van der Waals surface area contributed by atoms with Gasteiger partial charge >= 0.3 is 12.1 Å². The quantitative estimate of drug-likeness (QED) is 0.596. The minimum Gasteiger partial charge on any atom is -0.464 e. The van der Waals surface area contributed by atoms with Gasteiger partial charge < -0.3 is 14.6 Å². The van der Waals surface area contributed by atoms with Crippen LogP contribution in [0.15, 0.2) is 59.9 Å². The molecule has 31 heavy (non-hydrogen) atoms. The molecule has 0 aliphatic carbocycles. The van der Waals surface area contributed by atoms with E-state index in [-0.39, 0.29) is 21.8 Å². The third-order valence-corrected chi connectivity index (χ3v) is 5.95. The van der Waals surface area contributed by atoms with E-state index in [0.29, 0.717) is 0 Å². The second kappa shape index (κ2) is 7.95. The van der Waals surface area contributed by atoms with E-state index < -0.39 is 33.6 Å². The molecule has 2 aromatic heterocycles. The minimum atomic E-state index is -4.50. The van der Waals surface area contributed by atoms with Gasteiger partial charge in [0.1, 0.15) is 10.6 Å². The molecular formula is C19H16F3N3O5S. The maximum Gasteiger partial charge on any atom is 0.416 e. The number of benzene rings is 1. The number of esters is 1. The highest BCUT2D eigenvalue weighted by atomic mass is 32.2. The summed E-state index contributed by atoms with van der Waals surface area (Å²) in [6.07, 6.45) is -1.08. The fourth-order valence-electron chi connectivity index (χ4n) is 2.71. The standard InChI is InChI=1S/C19H16F3N3O5S/c1-24-11-15(9-16(24)18(27)30-2)31(28,29)25-8-7-12(10-25)17(26)23-14-5-3-13(4-6-14)19(20,21)22/h3-11H,1-2H3,(H,23,26). The largest absolute Gasteiger partial charge is 0.464 e. The molecule has 0 unspecified atom stereocenters. The van der Waals surface area contributed by atoms with Crippen molar-refractivity contribution in [2.45, 2.75) is 11.1 Å². The predicted octanol–water partition coefficient (Wildman–Crippen LogP) is 3.12. The molecule has 0 radical (unpaired) electrons. The van der Waals surface area contributed by atoms with Crippen LogP contribution in [0.3, 0.4) is 0 Å². The van der Waals surface area contributed by atoms with Crippen molar-refractivity contribution in [3.05, 3.63) is 71.8 Å². The lowest BCUT2D eigenvalue weighted by Gasteiger charge is -2.08. The average Bonchev–Trinajstić information content (AvgIpc) is 3.35. The highest BCUT2D eigenvalue weighted by Gasteiger charge is 2.30. The molecule has 0 atom stereocenters. The van der Waals surface area contributed by atoms with E-state index in [2.05, 4.69) is 10.1 Å². The molecular weight excluding hydrogens is 439 g/mol. The van der Waals surface area contributed by atoms with Crippen LogP contribution in [-0.4, -0.2) is 35.9 Å². The monoisotopic (exact) mass is 455 g/mol. The molecule has 2 heterocycles. The summed E-state index contributed by atoms with van der Waals surface area (Å²) in [4.78, 5) is 23.9. The number of alkyl halides is 3. The van der Waals surface area contributed by atoms with Gasteiger partial charge in [-0.15, -0.1) is 0 Å². The van der Waals surface area contributed by atoms with Crippen molar-refractivity contribution in [1.29, 1.82) is 0 Å². The lowest BCUT2D eigenvalue weighted by atomic mass is 10.2. The molecule has 0 saturated carbocycles. The van der Waals surface area contributed by atoms with Crippen molar-refractivity contribution in [2.24, 2.45) is 7.05 Å². The number of carbonyl (C=O) groups excluding carboxylic acids is 2. The van der Waals surface area contributed by atoms with E-state index in [1.807, 2.05) is 0 Å². The van der Waals surface area contributed by atoms with Crippen LogP contribution in [-0.2, 0) is 28.0 Å². The van der Waals surface area contributed by atoms with Crippen LogP contribution in [0, 0.1) is 0 Å². The maximum absolute atomic E-state index is 12.8. The Kier molecular flexibility index (Phi) is 5.68. The Morgan fingerprint density at radius 1 is 1.06 bits per heavy atom. The third kappa shape index (κ3) is 4.48. The second-order valence-corrected chi connectivity index (χ2v) is 8.27. The van der Waals surface area contributed by atoms with Gasteiger partial charge in [-0.2, -0.15) is 13.2 Å². The van der Waals surface area contributed by atoms with Crippen molar-refractivity contribution >= 4 is 27.6 Å². The van der Waals surface area contributed by atoms with Crippen LogP contribution in [0.1, 0.15) is 26.4 Å². The van der Waals surface area contributed by atoms with Crippen LogP contribution < -0.4 is 5.32 Å². The van der Waals surface area contributed by atoms with E-state index >= 15 is 0 Å². The molecule has 0 bridgehead atoms. The third-order valence-electron chi connectivity index (χ3n) is 4.35. The number of carbonyl (C=O) groups is 2. The summed E-state index contributed by atoms with van der Waals surface area (Å²) in [5.41, 5.74) is -0.766. The zero-order valence-corrected chi connectivity index (χ0v) is 17.0. The molecule has 1 N–H and O–H groups in total. The first-order valence-corrected chi connectivity index (χ1v) is 10.0. The van der Waals surface area contributed by atoms with E-state index in [0.717, 1.165) is 53.8 Å². The lowest BCUT2D eigenvalue weighted by molar-refractivity contribution is -0.137. The first kappa shape index (κ1) is 22.2. The predicted molar refractivity (Wildman–Crippen MR) is 103 cm³/mol. The molecule has 0 aliphatic heterocycles. The smallest absolute Gasteiger partial charge is 0.416 e. The van der Waals surface area contributed by atoms with Crippen LogP contribution in [0.25, 0.3) is 0 Å². The van der Waals surface area contributed by atoms with Gasteiger partial charge in [0.2, 0.25) is 0 Å². The topological polar surface area (TPSA) is 99.4 Å². The number of aromatic nitrogens is 2. The van der Waals surface area contributed by atoms with Gasteiger partial charge in [-0.25, -0.2) is 17.2 Å². The molecule has 164 valence electrons. The zero-order chi connectivity index (χ0) is 23.0. The van der Waals surface area contributed by atoms with Crippen molar-refractivity contribution in [2.75, 3.05) is 12.4 Å². The molecule has 0 saturated heterocycles. The first-order chi connectivity index (χ1) is 14.4. The molecule has 3 aromatic rings. The summed E-state index contributed by atoms with van der Waals surface area (Å²) in [5, 5.41) is 2.40. The van der Waals surface area contributed by atoms with Gasteiger partial charge in [-0.3, -0.25) is 4.79 Å². The molecule has 1 aromatic carbocycles. The number of halogens is 3. The highest BCUT2D eigenvalue weighted by Crippen LogP contribution is 2.30. The maximum atomic E-state index is 12.8. The Bertz CT molecular complexity index is 1240. The number of aryl methyl sites for hydroxylation is 1. The van der Waals surface area contributed by atoms with E-state index in [4.69, 9.17) is 0 Å². The number of methoxy groups -OCH3 is 1. The number of nitrogens with zero attached hydrogens (tertiary/aromatic N) is 2. The summed E-state index contributed by atoms with van der Waals surface area (Å²) in [7, 11) is -1.47. The highest BCUT2D eigenvalue weighted by molar-refractivity contribution is 7.90. The van der Waals surface area contributed by atoms with E-state index in [1.54, 1.807) is 0 Å². The van der Waals surface area contributed by atoms with Crippen molar-refractivity contribution in [1.82, 2.24) is 8.54 Å². The molecule has 3 rings (SSSR count). The van der Waals surface area contributed by atoms with E-state index in [1.165, 1.54) is 23.9 Å². The van der Waals surface area contributed by atoms with E-state index in [9.17, 15) is 31.2 Å². The lowest BCUT2D eigenvalue weighted by Crippen LogP contribution is -2.13. The van der Waals surface area contributed by atoms with Gasteiger partial charge in [0.25, 0.3) is 15.9 Å². The second-order valence-electron chi connectivity index (χ2n) is 6.43. The first-order valence-electron chi connectivity index (χ1n) is 8.60. The summed E-state index contributed by atoms with van der Waals surface area (Å²) in [6.45, 7) is 0. The van der Waals surface area contributed by atoms with Crippen molar-refractivity contribution < 1.29 is 35.9 Å². The average molecular weight is 455 g/mol. The molecule has 1 amide bonds. The fraction of sp³-hybridized carbons (Fsp3) is 0.158. The molecule has 8 nitrogen and oxygen atoms in total. The Labute approximate surface area is 174 Å². The number of nitrogens with one attached hydrogen (secondary N) is 1. The van der Waals surface area contributed by atoms with Gasteiger partial charge in [-0.05, 0) is 36.4 Å². The number of rotatable bonds is 5. The zero-order valence-electron chi connectivity index (χ0n) is 16.2. The van der Waals surface area contributed by atoms with Crippen LogP contribution in [0.4, 0.5) is 18.9 Å². The van der Waals surface area contributed by atoms with Gasteiger partial charge in [0, 0.05) is 31.3 Å². The number of ether oxygens (including phenoxy) is 1. The van der Waals surface area contributed by atoms with Gasteiger partial charge in [0.15, 0.2) is 0 Å². The Hall–Kier alpha value is -3.54. The van der Waals surface area contributed by atoms with Crippen LogP contribution in [0.5, 0.6) is 0 Å². The number of amides is 1. The Morgan fingerprint density at radius 3 is 2.29 bits per heavy atom. The summed E-state index contributed by atoms with van der Waals surface area (Å²) >= 11 is 0. The summed E-state index contributed by atoms with van der Waals surface area (Å²) < 4.78 is 70.1. The van der Waals surface area contributed by atoms with Crippen LogP contribution >= 0.6 is 0 Å². The van der Waals surface area contributed by atoms with Crippen molar-refractivity contribution in [3.8, 4) is 0 Å². The molecule has 0 aliphatic rings. The summed E-state index contributed by atoms with van der Waals surface area (Å²) in [5.74, 6) is -1.43. The number of anilines is 1. The minimum absolute atomic E-state index is 0.0218. The normalized spacial score (nSPS) is 11.9. The van der Waals surface area contributed by atoms with Crippen molar-refractivity contribution in [3.63, 3.8) is 0 Å². The number of hydrogen-bond donors (Lipinski definition) is 1. The van der Waals surface area contributed by atoms with Crippen LogP contribution in [0.2, 0.25) is 0 Å². The Morgan fingerprint density at radius 2 is 1.71 bits per heavy atom. The fourth-order valence-corrected chi connectivity index (χ4v) is 3.98. The number of hydrogen-bond acceptors (Lipinski definition) is 5. The molecule has 12 heteroatoms. The molecule has 0 spiro atoms. The SMILES string of the molecule is COC(=O)c1cc(S(=O)(=O)n2ccc(C(=O)Nc3ccc(C(F)(F)F)cc3)c2)cn1C. The molecule has 0 fully saturated rings. The summed E-state index contributed by atoms with van der Waals surface area (Å²) in [6, 6.07) is 6.20. The van der Waals surface area contributed by atoms with Gasteiger partial charge in [0.05, 0.1) is 18.2 Å².